The van der Waals surface area contributed by atoms with E-state index in [-0.39, 0.29) is 0 Å². The quantitative estimate of drug-likeness (QED) is 0.738. The van der Waals surface area contributed by atoms with Crippen LogP contribution in [0.15, 0.2) is 0 Å². The predicted octanol–water partition coefficient (Wildman–Crippen LogP) is 1.46. The van der Waals surface area contributed by atoms with Crippen molar-refractivity contribution in [3.05, 3.63) is 0 Å². The lowest BCUT2D eigenvalue weighted by Crippen LogP contribution is -2.54. The number of carbonyl (C=O) groups is 1. The van der Waals surface area contributed by atoms with Gasteiger partial charge in [-0.15, -0.1) is 0 Å². The Hall–Kier alpha value is -0.610. The molecule has 2 N–H and O–H groups in total. The van der Waals surface area contributed by atoms with E-state index in [1.54, 1.807) is 0 Å². The number of aliphatic carboxylic acids is 1. The summed E-state index contributed by atoms with van der Waals surface area (Å²) < 4.78 is 0. The summed E-state index contributed by atoms with van der Waals surface area (Å²) in [6.07, 6.45) is 5.34. The number of rotatable bonds is 6. The van der Waals surface area contributed by atoms with Crippen molar-refractivity contribution in [1.29, 1.82) is 0 Å². The van der Waals surface area contributed by atoms with Gasteiger partial charge < -0.3 is 5.11 Å². The number of likely N-dealkylation sites (tertiary alicyclic amines) is 1. The molecule has 2 fully saturated rings. The number of hydrogen-bond acceptors (Lipinski definition) is 3. The SMILES string of the molecule is CCCC(C)(NC1CCN(C2CC2)C1)C(=O)O. The van der Waals surface area contributed by atoms with Gasteiger partial charge in [-0.25, -0.2) is 0 Å². The molecule has 0 spiro atoms. The fraction of sp³-hybridized carbons (Fsp3) is 0.923. The van der Waals surface area contributed by atoms with Crippen molar-refractivity contribution >= 4 is 5.97 Å². The highest BCUT2D eigenvalue weighted by molar-refractivity contribution is 5.78. The van der Waals surface area contributed by atoms with Crippen molar-refractivity contribution in [2.45, 2.75) is 63.6 Å². The standard InChI is InChI=1S/C13H24N2O2/c1-3-7-13(2,12(16)17)14-10-6-8-15(9-10)11-4-5-11/h10-11,14H,3-9H2,1-2H3,(H,16,17). The van der Waals surface area contributed by atoms with E-state index in [1.807, 2.05) is 13.8 Å². The average Bonchev–Trinajstić information content (AvgIpc) is 3.01. The molecule has 0 aromatic heterocycles. The van der Waals surface area contributed by atoms with Crippen molar-refractivity contribution in [2.75, 3.05) is 13.1 Å². The molecule has 2 aliphatic rings. The first kappa shape index (κ1) is 12.8. The van der Waals surface area contributed by atoms with E-state index in [1.165, 1.54) is 12.8 Å². The van der Waals surface area contributed by atoms with Crippen LogP contribution in [0.2, 0.25) is 0 Å². The van der Waals surface area contributed by atoms with Gasteiger partial charge in [-0.2, -0.15) is 0 Å². The van der Waals surface area contributed by atoms with Gasteiger partial charge in [-0.3, -0.25) is 15.0 Å². The molecule has 1 aliphatic heterocycles. The minimum absolute atomic E-state index is 0.350. The molecule has 0 bridgehead atoms. The van der Waals surface area contributed by atoms with Crippen LogP contribution in [0.3, 0.4) is 0 Å². The largest absolute Gasteiger partial charge is 0.480 e. The first-order valence-corrected chi connectivity index (χ1v) is 6.80. The van der Waals surface area contributed by atoms with Crippen LogP contribution in [0.5, 0.6) is 0 Å². The summed E-state index contributed by atoms with van der Waals surface area (Å²) in [4.78, 5) is 13.9. The third kappa shape index (κ3) is 2.99. The molecular weight excluding hydrogens is 216 g/mol. The molecule has 98 valence electrons. The highest BCUT2D eigenvalue weighted by Crippen LogP contribution is 2.30. The smallest absolute Gasteiger partial charge is 0.323 e. The highest BCUT2D eigenvalue weighted by Gasteiger charge is 2.39. The summed E-state index contributed by atoms with van der Waals surface area (Å²) in [5.74, 6) is -0.718. The molecule has 2 atom stereocenters. The van der Waals surface area contributed by atoms with Crippen LogP contribution in [0.4, 0.5) is 0 Å². The van der Waals surface area contributed by atoms with Crippen molar-refractivity contribution in [1.82, 2.24) is 10.2 Å². The maximum Gasteiger partial charge on any atom is 0.323 e. The Kier molecular flexibility index (Phi) is 3.73. The fourth-order valence-corrected chi connectivity index (χ4v) is 2.87. The van der Waals surface area contributed by atoms with Gasteiger partial charge >= 0.3 is 5.97 Å². The van der Waals surface area contributed by atoms with E-state index in [9.17, 15) is 9.90 Å². The van der Waals surface area contributed by atoms with Crippen molar-refractivity contribution in [3.63, 3.8) is 0 Å². The Morgan fingerprint density at radius 3 is 2.71 bits per heavy atom. The van der Waals surface area contributed by atoms with Crippen LogP contribution >= 0.6 is 0 Å². The van der Waals surface area contributed by atoms with Gasteiger partial charge in [0.15, 0.2) is 0 Å². The van der Waals surface area contributed by atoms with E-state index in [2.05, 4.69) is 10.2 Å². The second-order valence-electron chi connectivity index (χ2n) is 5.74. The van der Waals surface area contributed by atoms with Gasteiger partial charge in [0.2, 0.25) is 0 Å². The van der Waals surface area contributed by atoms with E-state index >= 15 is 0 Å². The normalized spacial score (nSPS) is 29.2. The Balaban J connectivity index is 1.87. The number of hydrogen-bond donors (Lipinski definition) is 2. The monoisotopic (exact) mass is 240 g/mol. The molecule has 1 saturated carbocycles. The van der Waals surface area contributed by atoms with Gasteiger partial charge in [-0.05, 0) is 32.6 Å². The Morgan fingerprint density at radius 2 is 2.18 bits per heavy atom. The minimum atomic E-state index is -0.751. The molecule has 2 rings (SSSR count). The topological polar surface area (TPSA) is 52.6 Å². The van der Waals surface area contributed by atoms with Gasteiger partial charge in [0, 0.05) is 25.2 Å². The van der Waals surface area contributed by atoms with E-state index in [4.69, 9.17) is 0 Å². The van der Waals surface area contributed by atoms with Crippen LogP contribution < -0.4 is 5.32 Å². The zero-order valence-corrected chi connectivity index (χ0v) is 10.9. The molecule has 0 amide bonds. The lowest BCUT2D eigenvalue weighted by Gasteiger charge is -2.29. The molecule has 4 heteroatoms. The van der Waals surface area contributed by atoms with Crippen LogP contribution in [-0.2, 0) is 4.79 Å². The molecule has 17 heavy (non-hydrogen) atoms. The third-order valence-corrected chi connectivity index (χ3v) is 4.03. The molecule has 4 nitrogen and oxygen atoms in total. The second-order valence-corrected chi connectivity index (χ2v) is 5.74. The molecule has 0 aromatic rings. The minimum Gasteiger partial charge on any atom is -0.480 e. The average molecular weight is 240 g/mol. The first-order valence-electron chi connectivity index (χ1n) is 6.80. The Bertz CT molecular complexity index is 291. The first-order chi connectivity index (χ1) is 8.05. The maximum atomic E-state index is 11.4. The molecule has 0 aromatic carbocycles. The lowest BCUT2D eigenvalue weighted by molar-refractivity contribution is -0.144. The maximum absolute atomic E-state index is 11.4. The molecule has 0 radical (unpaired) electrons. The summed E-state index contributed by atoms with van der Waals surface area (Å²) in [5.41, 5.74) is -0.751. The van der Waals surface area contributed by atoms with E-state index < -0.39 is 11.5 Å². The highest BCUT2D eigenvalue weighted by atomic mass is 16.4. The molecule has 1 aliphatic carbocycles. The third-order valence-electron chi connectivity index (χ3n) is 4.03. The van der Waals surface area contributed by atoms with E-state index in [0.29, 0.717) is 12.5 Å². The van der Waals surface area contributed by atoms with Crippen molar-refractivity contribution in [2.24, 2.45) is 0 Å². The fourth-order valence-electron chi connectivity index (χ4n) is 2.87. The van der Waals surface area contributed by atoms with Gasteiger partial charge in [0.25, 0.3) is 0 Å². The van der Waals surface area contributed by atoms with Crippen molar-refractivity contribution in [3.8, 4) is 0 Å². The zero-order valence-electron chi connectivity index (χ0n) is 10.9. The molecule has 2 unspecified atom stereocenters. The molecule has 1 saturated heterocycles. The summed E-state index contributed by atoms with van der Waals surface area (Å²) in [5, 5.41) is 12.7. The Morgan fingerprint density at radius 1 is 1.47 bits per heavy atom. The Labute approximate surface area is 103 Å². The molecule has 1 heterocycles. The summed E-state index contributed by atoms with van der Waals surface area (Å²) >= 11 is 0. The van der Waals surface area contributed by atoms with Gasteiger partial charge in [-0.1, -0.05) is 13.3 Å². The van der Waals surface area contributed by atoms with Crippen LogP contribution in [-0.4, -0.2) is 46.7 Å². The number of nitrogens with zero attached hydrogens (tertiary/aromatic N) is 1. The summed E-state index contributed by atoms with van der Waals surface area (Å²) in [6, 6.07) is 1.15. The van der Waals surface area contributed by atoms with Crippen LogP contribution in [0.25, 0.3) is 0 Å². The molecular formula is C13H24N2O2. The van der Waals surface area contributed by atoms with Crippen LogP contribution in [0, 0.1) is 0 Å². The number of nitrogens with one attached hydrogen (secondary N) is 1. The summed E-state index contributed by atoms with van der Waals surface area (Å²) in [6.45, 7) is 6.01. The number of carboxylic acids is 1. The van der Waals surface area contributed by atoms with Gasteiger partial charge in [0.1, 0.15) is 5.54 Å². The van der Waals surface area contributed by atoms with Crippen molar-refractivity contribution < 1.29 is 9.90 Å². The predicted molar refractivity (Wildman–Crippen MR) is 67.1 cm³/mol. The van der Waals surface area contributed by atoms with Crippen LogP contribution in [0.1, 0.15) is 46.0 Å². The van der Waals surface area contributed by atoms with Gasteiger partial charge in [0.05, 0.1) is 0 Å². The number of carboxylic acid groups (broad SMARTS) is 1. The summed E-state index contributed by atoms with van der Waals surface area (Å²) in [7, 11) is 0. The lowest BCUT2D eigenvalue weighted by atomic mass is 9.95. The zero-order chi connectivity index (χ0) is 12.5. The van der Waals surface area contributed by atoms with E-state index in [0.717, 1.165) is 32.0 Å². The second kappa shape index (κ2) is 4.94.